The molecule has 2 aromatic carbocycles. The lowest BCUT2D eigenvalue weighted by atomic mass is 9.90. The van der Waals surface area contributed by atoms with E-state index in [1.54, 1.807) is 4.68 Å². The zero-order chi connectivity index (χ0) is 26.7. The van der Waals surface area contributed by atoms with E-state index in [2.05, 4.69) is 40.4 Å². The quantitative estimate of drug-likeness (QED) is 0.270. The number of benzene rings is 2. The van der Waals surface area contributed by atoms with E-state index in [4.69, 9.17) is 10.1 Å². The second kappa shape index (κ2) is 10.5. The van der Waals surface area contributed by atoms with Gasteiger partial charge in [-0.1, -0.05) is 44.2 Å². The fourth-order valence-electron chi connectivity index (χ4n) is 4.00. The van der Waals surface area contributed by atoms with Crippen LogP contribution in [-0.2, 0) is 10.2 Å². The number of nitrogens with one attached hydrogen (secondary N) is 1. The number of rotatable bonds is 7. The number of thiazole rings is 1. The van der Waals surface area contributed by atoms with Crippen molar-refractivity contribution in [2.24, 2.45) is 10.2 Å². The summed E-state index contributed by atoms with van der Waals surface area (Å²) in [6, 6.07) is 15.8. The summed E-state index contributed by atoms with van der Waals surface area (Å²) in [5.74, 6) is 0.0912. The van der Waals surface area contributed by atoms with Gasteiger partial charge in [0.05, 0.1) is 21.6 Å². The van der Waals surface area contributed by atoms with Crippen molar-refractivity contribution in [2.45, 2.75) is 47.0 Å². The van der Waals surface area contributed by atoms with Crippen LogP contribution >= 0.6 is 11.3 Å². The van der Waals surface area contributed by atoms with Crippen LogP contribution in [0.2, 0.25) is 0 Å². The Morgan fingerprint density at radius 3 is 2.51 bits per heavy atom. The summed E-state index contributed by atoms with van der Waals surface area (Å²) in [6.07, 6.45) is 0. The standard InChI is InChI=1S/C27H30N8OS/c1-7-34(8-2)18-13-14-20(22(15-18)29-17(3)36)31-32-25-19(16-28)24(27(4,5)6)33-35(25)26-30-21-11-9-10-12-23(21)37-26/h9-15H,7-8H2,1-6H3,(H,29,36). The van der Waals surface area contributed by atoms with Gasteiger partial charge in [0.1, 0.15) is 17.3 Å². The highest BCUT2D eigenvalue weighted by molar-refractivity contribution is 7.20. The van der Waals surface area contributed by atoms with Crippen molar-refractivity contribution in [3.05, 3.63) is 53.7 Å². The molecule has 0 aliphatic rings. The lowest BCUT2D eigenvalue weighted by Crippen LogP contribution is -2.21. The summed E-state index contributed by atoms with van der Waals surface area (Å²) < 4.78 is 2.60. The number of aromatic nitrogens is 3. The fourth-order valence-corrected chi connectivity index (χ4v) is 4.92. The zero-order valence-corrected chi connectivity index (χ0v) is 22.7. The van der Waals surface area contributed by atoms with Crippen LogP contribution in [0.4, 0.5) is 22.9 Å². The Morgan fingerprint density at radius 1 is 1.16 bits per heavy atom. The van der Waals surface area contributed by atoms with Crippen molar-refractivity contribution >= 4 is 50.3 Å². The van der Waals surface area contributed by atoms with Crippen molar-refractivity contribution < 1.29 is 4.79 Å². The van der Waals surface area contributed by atoms with Gasteiger partial charge in [-0.15, -0.1) is 10.2 Å². The van der Waals surface area contributed by atoms with Crippen LogP contribution in [0.15, 0.2) is 52.7 Å². The van der Waals surface area contributed by atoms with Gasteiger partial charge in [-0.2, -0.15) is 15.0 Å². The number of nitrogens with zero attached hydrogens (tertiary/aromatic N) is 7. The summed E-state index contributed by atoms with van der Waals surface area (Å²) in [5.41, 5.74) is 3.39. The molecule has 0 bridgehead atoms. The van der Waals surface area contributed by atoms with Gasteiger partial charge in [0.25, 0.3) is 0 Å². The molecular formula is C27H30N8OS. The fraction of sp³-hybridized carbons (Fsp3) is 0.333. The molecule has 37 heavy (non-hydrogen) atoms. The Bertz CT molecular complexity index is 1480. The van der Waals surface area contributed by atoms with Gasteiger partial charge >= 0.3 is 0 Å². The van der Waals surface area contributed by atoms with Crippen molar-refractivity contribution in [1.29, 1.82) is 5.26 Å². The third-order valence-corrected chi connectivity index (χ3v) is 6.83. The Labute approximate surface area is 220 Å². The van der Waals surface area contributed by atoms with Gasteiger partial charge in [0.2, 0.25) is 11.0 Å². The molecular weight excluding hydrogens is 484 g/mol. The van der Waals surface area contributed by atoms with Crippen LogP contribution in [-0.4, -0.2) is 33.8 Å². The first kappa shape index (κ1) is 26.0. The Kier molecular flexibility index (Phi) is 7.36. The van der Waals surface area contributed by atoms with E-state index >= 15 is 0 Å². The maximum absolute atomic E-state index is 11.9. The van der Waals surface area contributed by atoms with Crippen LogP contribution in [0.1, 0.15) is 52.8 Å². The molecule has 190 valence electrons. The molecule has 1 amide bonds. The van der Waals surface area contributed by atoms with Crippen molar-refractivity contribution in [2.75, 3.05) is 23.3 Å². The van der Waals surface area contributed by atoms with E-state index in [1.165, 1.54) is 18.3 Å². The van der Waals surface area contributed by atoms with Gasteiger partial charge in [-0.3, -0.25) is 4.79 Å². The maximum Gasteiger partial charge on any atom is 0.221 e. The van der Waals surface area contributed by atoms with Crippen molar-refractivity contribution in [3.63, 3.8) is 0 Å². The number of azo groups is 1. The van der Waals surface area contributed by atoms with E-state index in [1.807, 2.05) is 63.2 Å². The number of carbonyl (C=O) groups is 1. The number of hydrogen-bond acceptors (Lipinski definition) is 8. The number of hydrogen-bond donors (Lipinski definition) is 1. The van der Waals surface area contributed by atoms with E-state index in [0.717, 1.165) is 29.0 Å². The molecule has 4 rings (SSSR count). The molecule has 0 aliphatic carbocycles. The Balaban J connectivity index is 1.87. The van der Waals surface area contributed by atoms with Crippen LogP contribution in [0, 0.1) is 11.3 Å². The second-order valence-corrected chi connectivity index (χ2v) is 10.5. The maximum atomic E-state index is 11.9. The van der Waals surface area contributed by atoms with E-state index < -0.39 is 5.41 Å². The van der Waals surface area contributed by atoms with Crippen LogP contribution < -0.4 is 10.2 Å². The molecule has 4 aromatic rings. The number of amides is 1. The lowest BCUT2D eigenvalue weighted by Gasteiger charge is -2.22. The summed E-state index contributed by atoms with van der Waals surface area (Å²) in [4.78, 5) is 18.8. The highest BCUT2D eigenvalue weighted by Gasteiger charge is 2.29. The smallest absolute Gasteiger partial charge is 0.221 e. The molecule has 0 unspecified atom stereocenters. The topological polar surface area (TPSA) is 112 Å². The summed E-state index contributed by atoms with van der Waals surface area (Å²) >= 11 is 1.47. The first-order valence-corrected chi connectivity index (χ1v) is 13.0. The minimum Gasteiger partial charge on any atom is -0.372 e. The predicted octanol–water partition coefficient (Wildman–Crippen LogP) is 6.87. The Morgan fingerprint density at radius 2 is 1.89 bits per heavy atom. The molecule has 0 saturated carbocycles. The van der Waals surface area contributed by atoms with Gasteiger partial charge in [-0.25, -0.2) is 4.98 Å². The van der Waals surface area contributed by atoms with Gasteiger partial charge in [0, 0.05) is 31.1 Å². The molecule has 0 spiro atoms. The minimum atomic E-state index is -0.399. The summed E-state index contributed by atoms with van der Waals surface area (Å²) in [6.45, 7) is 13.3. The SMILES string of the molecule is CCN(CC)c1ccc(N=Nc2c(C#N)c(C(C)(C)C)nn2-c2nc3ccccc3s2)c(NC(C)=O)c1. The summed E-state index contributed by atoms with van der Waals surface area (Å²) in [7, 11) is 0. The van der Waals surface area contributed by atoms with E-state index in [0.29, 0.717) is 33.6 Å². The van der Waals surface area contributed by atoms with Crippen LogP contribution in [0.5, 0.6) is 0 Å². The monoisotopic (exact) mass is 514 g/mol. The predicted molar refractivity (Wildman–Crippen MR) is 149 cm³/mol. The first-order chi connectivity index (χ1) is 17.7. The molecule has 2 heterocycles. The van der Waals surface area contributed by atoms with Crippen molar-refractivity contribution in [3.8, 4) is 11.2 Å². The first-order valence-electron chi connectivity index (χ1n) is 12.1. The average molecular weight is 515 g/mol. The molecule has 0 radical (unpaired) electrons. The molecule has 0 saturated heterocycles. The van der Waals surface area contributed by atoms with Gasteiger partial charge in [0.15, 0.2) is 5.82 Å². The van der Waals surface area contributed by atoms with Crippen LogP contribution in [0.25, 0.3) is 15.3 Å². The second-order valence-electron chi connectivity index (χ2n) is 9.54. The average Bonchev–Trinajstić information content (AvgIpc) is 3.45. The normalized spacial score (nSPS) is 11.7. The van der Waals surface area contributed by atoms with E-state index in [-0.39, 0.29) is 5.91 Å². The highest BCUT2D eigenvalue weighted by atomic mass is 32.1. The van der Waals surface area contributed by atoms with Crippen LogP contribution in [0.3, 0.4) is 0 Å². The number of fused-ring (bicyclic) bond motifs is 1. The Hall–Kier alpha value is -4.10. The molecule has 0 fully saturated rings. The molecule has 1 N–H and O–H groups in total. The number of anilines is 2. The largest absolute Gasteiger partial charge is 0.372 e. The van der Waals surface area contributed by atoms with E-state index in [9.17, 15) is 10.1 Å². The number of para-hydroxylation sites is 1. The molecule has 10 heteroatoms. The third kappa shape index (κ3) is 5.37. The molecule has 0 aliphatic heterocycles. The number of nitriles is 1. The molecule has 2 aromatic heterocycles. The zero-order valence-electron chi connectivity index (χ0n) is 21.9. The molecule has 0 atom stereocenters. The highest BCUT2D eigenvalue weighted by Crippen LogP contribution is 2.37. The number of carbonyl (C=O) groups excluding carboxylic acids is 1. The summed E-state index contributed by atoms with van der Waals surface area (Å²) in [5, 5.41) is 27.3. The minimum absolute atomic E-state index is 0.208. The van der Waals surface area contributed by atoms with Gasteiger partial charge in [-0.05, 0) is 44.2 Å². The van der Waals surface area contributed by atoms with Gasteiger partial charge < -0.3 is 10.2 Å². The molecule has 9 nitrogen and oxygen atoms in total. The van der Waals surface area contributed by atoms with Crippen molar-refractivity contribution in [1.82, 2.24) is 14.8 Å². The third-order valence-electron chi connectivity index (χ3n) is 5.82. The lowest BCUT2D eigenvalue weighted by molar-refractivity contribution is -0.114.